The predicted octanol–water partition coefficient (Wildman–Crippen LogP) is 6.28. The molecule has 3 rings (SSSR count). The van der Waals surface area contributed by atoms with Gasteiger partial charge in [0.25, 0.3) is 0 Å². The first-order valence-electron chi connectivity index (χ1n) is 8.29. The van der Waals surface area contributed by atoms with Gasteiger partial charge in [0.1, 0.15) is 12.4 Å². The fourth-order valence-electron chi connectivity index (χ4n) is 2.55. The van der Waals surface area contributed by atoms with Gasteiger partial charge in [-0.1, -0.05) is 29.8 Å². The van der Waals surface area contributed by atoms with E-state index in [0.29, 0.717) is 28.6 Å². The highest BCUT2D eigenvalue weighted by Gasteiger charge is 2.13. The van der Waals surface area contributed by atoms with Crippen molar-refractivity contribution < 1.29 is 13.9 Å². The van der Waals surface area contributed by atoms with Crippen molar-refractivity contribution in [1.82, 2.24) is 0 Å². The van der Waals surface area contributed by atoms with Crippen molar-refractivity contribution in [3.8, 4) is 11.5 Å². The summed E-state index contributed by atoms with van der Waals surface area (Å²) in [5.41, 5.74) is 2.53. The first-order valence-corrected chi connectivity index (χ1v) is 9.74. The van der Waals surface area contributed by atoms with Crippen LogP contribution in [0.15, 0.2) is 60.7 Å². The molecule has 0 bridgehead atoms. The maximum absolute atomic E-state index is 13.8. The Morgan fingerprint density at radius 3 is 2.52 bits per heavy atom. The van der Waals surface area contributed by atoms with Crippen molar-refractivity contribution in [1.29, 1.82) is 0 Å². The van der Waals surface area contributed by atoms with E-state index < -0.39 is 0 Å². The molecule has 140 valence electrons. The molecule has 0 spiro atoms. The Balaban J connectivity index is 1.72. The van der Waals surface area contributed by atoms with E-state index in [-0.39, 0.29) is 12.4 Å². The van der Waals surface area contributed by atoms with Crippen molar-refractivity contribution in [2.24, 2.45) is 0 Å². The van der Waals surface area contributed by atoms with E-state index in [9.17, 15) is 4.39 Å². The van der Waals surface area contributed by atoms with Crippen LogP contribution in [0.25, 0.3) is 0 Å². The highest BCUT2D eigenvalue weighted by molar-refractivity contribution is 14.1. The third-order valence-electron chi connectivity index (χ3n) is 3.96. The van der Waals surface area contributed by atoms with Gasteiger partial charge < -0.3 is 14.8 Å². The summed E-state index contributed by atoms with van der Waals surface area (Å²) in [5.74, 6) is 0.943. The minimum atomic E-state index is -0.282. The summed E-state index contributed by atoms with van der Waals surface area (Å²) in [4.78, 5) is 0. The molecule has 0 aliphatic carbocycles. The molecule has 1 N–H and O–H groups in total. The predicted molar refractivity (Wildman–Crippen MR) is 115 cm³/mol. The molecule has 3 aromatic rings. The van der Waals surface area contributed by atoms with E-state index in [1.165, 1.54) is 6.07 Å². The fourth-order valence-corrected chi connectivity index (χ4v) is 3.50. The molecule has 0 radical (unpaired) electrons. The first kappa shape index (κ1) is 19.8. The molecule has 0 aliphatic rings. The largest absolute Gasteiger partial charge is 0.493 e. The molecule has 3 aromatic carbocycles. The van der Waals surface area contributed by atoms with Gasteiger partial charge in [0, 0.05) is 22.8 Å². The van der Waals surface area contributed by atoms with E-state index in [1.54, 1.807) is 25.3 Å². The van der Waals surface area contributed by atoms with E-state index in [0.717, 1.165) is 14.8 Å². The molecule has 0 fully saturated rings. The van der Waals surface area contributed by atoms with Crippen molar-refractivity contribution in [2.45, 2.75) is 13.2 Å². The zero-order chi connectivity index (χ0) is 19.2. The summed E-state index contributed by atoms with van der Waals surface area (Å²) in [6, 6.07) is 18.0. The third kappa shape index (κ3) is 5.26. The van der Waals surface area contributed by atoms with Crippen LogP contribution in [0.3, 0.4) is 0 Å². The number of hydrogen-bond acceptors (Lipinski definition) is 3. The zero-order valence-corrected chi connectivity index (χ0v) is 17.6. The number of anilines is 1. The summed E-state index contributed by atoms with van der Waals surface area (Å²) in [5, 5.41) is 4.05. The molecule has 0 heterocycles. The van der Waals surface area contributed by atoms with Crippen molar-refractivity contribution >= 4 is 39.9 Å². The molecular formula is C21H18ClFINO2. The molecule has 27 heavy (non-hydrogen) atoms. The van der Waals surface area contributed by atoms with E-state index in [4.69, 9.17) is 21.1 Å². The van der Waals surface area contributed by atoms with Crippen LogP contribution in [0.2, 0.25) is 5.02 Å². The van der Waals surface area contributed by atoms with Gasteiger partial charge in [0.2, 0.25) is 0 Å². The molecule has 0 saturated carbocycles. The fraction of sp³-hybridized carbons (Fsp3) is 0.143. The second-order valence-electron chi connectivity index (χ2n) is 5.85. The zero-order valence-electron chi connectivity index (χ0n) is 14.6. The normalized spacial score (nSPS) is 10.5. The molecule has 0 saturated heterocycles. The Morgan fingerprint density at radius 2 is 1.81 bits per heavy atom. The molecule has 3 nitrogen and oxygen atoms in total. The average Bonchev–Trinajstić information content (AvgIpc) is 2.67. The number of rotatable bonds is 7. The van der Waals surface area contributed by atoms with Gasteiger partial charge >= 0.3 is 0 Å². The third-order valence-corrected chi connectivity index (χ3v) is 5.01. The van der Waals surface area contributed by atoms with Crippen LogP contribution < -0.4 is 14.8 Å². The van der Waals surface area contributed by atoms with Crippen molar-refractivity contribution in [2.75, 3.05) is 12.4 Å². The maximum atomic E-state index is 13.8. The van der Waals surface area contributed by atoms with Gasteiger partial charge in [0.15, 0.2) is 11.5 Å². The molecule has 0 aliphatic heterocycles. The van der Waals surface area contributed by atoms with Crippen LogP contribution in [-0.2, 0) is 13.2 Å². The number of hydrogen-bond donors (Lipinski definition) is 1. The maximum Gasteiger partial charge on any atom is 0.174 e. The lowest BCUT2D eigenvalue weighted by Crippen LogP contribution is -2.04. The summed E-state index contributed by atoms with van der Waals surface area (Å²) < 4.78 is 26.0. The summed E-state index contributed by atoms with van der Waals surface area (Å²) in [7, 11) is 1.60. The summed E-state index contributed by atoms with van der Waals surface area (Å²) >= 11 is 8.11. The van der Waals surface area contributed by atoms with Gasteiger partial charge in [-0.3, -0.25) is 0 Å². The van der Waals surface area contributed by atoms with Gasteiger partial charge in [-0.05, 0) is 70.6 Å². The number of benzene rings is 3. The van der Waals surface area contributed by atoms with Crippen LogP contribution in [0.4, 0.5) is 10.1 Å². The Bertz CT molecular complexity index is 919. The molecular weight excluding hydrogens is 480 g/mol. The molecule has 6 heteroatoms. The van der Waals surface area contributed by atoms with Gasteiger partial charge in [-0.25, -0.2) is 4.39 Å². The lowest BCUT2D eigenvalue weighted by molar-refractivity contribution is 0.277. The highest BCUT2D eigenvalue weighted by Crippen LogP contribution is 2.35. The molecule has 0 atom stereocenters. The topological polar surface area (TPSA) is 30.5 Å². The quantitative estimate of drug-likeness (QED) is 0.390. The van der Waals surface area contributed by atoms with Crippen molar-refractivity contribution in [3.05, 3.63) is 86.2 Å². The lowest BCUT2D eigenvalue weighted by atomic mass is 10.2. The van der Waals surface area contributed by atoms with E-state index in [2.05, 4.69) is 27.9 Å². The average molecular weight is 498 g/mol. The van der Waals surface area contributed by atoms with Gasteiger partial charge in [-0.2, -0.15) is 0 Å². The minimum Gasteiger partial charge on any atom is -0.493 e. The monoisotopic (exact) mass is 497 g/mol. The standard InChI is InChI=1S/C21H18ClFINO2/c1-26-20-11-14(12-25-17-8-6-16(22)7-9-17)10-19(24)21(20)27-13-15-4-2-3-5-18(15)23/h2-11,25H,12-13H2,1H3. The molecule has 0 aromatic heterocycles. The smallest absolute Gasteiger partial charge is 0.174 e. The first-order chi connectivity index (χ1) is 13.1. The Morgan fingerprint density at radius 1 is 1.07 bits per heavy atom. The Kier molecular flexibility index (Phi) is 6.79. The Labute approximate surface area is 176 Å². The number of ether oxygens (including phenoxy) is 2. The second kappa shape index (κ2) is 9.28. The Hall–Kier alpha value is -1.99. The van der Waals surface area contributed by atoms with Crippen LogP contribution in [0.5, 0.6) is 11.5 Å². The second-order valence-corrected chi connectivity index (χ2v) is 7.45. The van der Waals surface area contributed by atoms with Crippen LogP contribution in [-0.4, -0.2) is 7.11 Å². The van der Waals surface area contributed by atoms with Crippen LogP contribution in [0, 0.1) is 9.39 Å². The van der Waals surface area contributed by atoms with Crippen LogP contribution in [0.1, 0.15) is 11.1 Å². The van der Waals surface area contributed by atoms with Gasteiger partial charge in [-0.15, -0.1) is 0 Å². The number of methoxy groups -OCH3 is 1. The summed E-state index contributed by atoms with van der Waals surface area (Å²) in [6.45, 7) is 0.767. The van der Waals surface area contributed by atoms with E-state index in [1.807, 2.05) is 36.4 Å². The molecule has 0 unspecified atom stereocenters. The highest BCUT2D eigenvalue weighted by atomic mass is 127. The van der Waals surface area contributed by atoms with Crippen molar-refractivity contribution in [3.63, 3.8) is 0 Å². The van der Waals surface area contributed by atoms with Gasteiger partial charge in [0.05, 0.1) is 10.7 Å². The number of halogens is 3. The number of nitrogens with one attached hydrogen (secondary N) is 1. The molecule has 0 amide bonds. The lowest BCUT2D eigenvalue weighted by Gasteiger charge is -2.15. The van der Waals surface area contributed by atoms with Crippen LogP contribution >= 0.6 is 34.2 Å². The van der Waals surface area contributed by atoms with E-state index >= 15 is 0 Å². The SMILES string of the molecule is COc1cc(CNc2ccc(Cl)cc2)cc(I)c1OCc1ccccc1F. The minimum absolute atomic E-state index is 0.140. The summed E-state index contributed by atoms with van der Waals surface area (Å²) in [6.07, 6.45) is 0.